The summed E-state index contributed by atoms with van der Waals surface area (Å²) >= 11 is 0. The van der Waals surface area contributed by atoms with Crippen molar-refractivity contribution in [3.05, 3.63) is 23.3 Å². The largest absolute Gasteiger partial charge is 0.505 e. The molecule has 2 unspecified atom stereocenters. The molecule has 0 bridgehead atoms. The molecule has 2 saturated carbocycles. The standard InChI is InChI=1S/C21H22N2O7/c1-23(2)11-4-3-8-5-9-6-10-7-12(24)15(20(22)29)19(28)21(10,30)18(27)14(9)17(26)13(8)16(11)25/h3-4,9-10,14-15,25,30H,5-7H2,1-2H3,(H2,22,29)/t9-,10-,14?,15?,21-/m0/s1. The van der Waals surface area contributed by atoms with Crippen LogP contribution < -0.4 is 10.6 Å². The van der Waals surface area contributed by atoms with Gasteiger partial charge in [0.05, 0.1) is 17.2 Å². The van der Waals surface area contributed by atoms with E-state index in [-0.39, 0.29) is 30.6 Å². The second-order valence-corrected chi connectivity index (χ2v) is 8.60. The average molecular weight is 414 g/mol. The molecule has 30 heavy (non-hydrogen) atoms. The first-order chi connectivity index (χ1) is 14.0. The predicted octanol–water partition coefficient (Wildman–Crippen LogP) is -0.607. The Morgan fingerprint density at radius 3 is 2.40 bits per heavy atom. The number of Topliss-reactive ketones (excluding diaryl/α,β-unsaturated/α-hetero) is 4. The van der Waals surface area contributed by atoms with E-state index >= 15 is 0 Å². The molecule has 3 aliphatic carbocycles. The first kappa shape index (κ1) is 20.2. The van der Waals surface area contributed by atoms with E-state index in [4.69, 9.17) is 5.73 Å². The molecule has 1 aromatic rings. The number of hydrogen-bond acceptors (Lipinski definition) is 8. The summed E-state index contributed by atoms with van der Waals surface area (Å²) in [6.45, 7) is 0. The number of rotatable bonds is 2. The summed E-state index contributed by atoms with van der Waals surface area (Å²) in [5, 5.41) is 21.7. The van der Waals surface area contributed by atoms with E-state index in [0.29, 0.717) is 11.3 Å². The average Bonchev–Trinajstić information content (AvgIpc) is 2.64. The zero-order chi connectivity index (χ0) is 22.1. The van der Waals surface area contributed by atoms with Crippen LogP contribution >= 0.6 is 0 Å². The van der Waals surface area contributed by atoms with E-state index in [9.17, 15) is 34.2 Å². The number of carbonyl (C=O) groups is 5. The highest BCUT2D eigenvalue weighted by molar-refractivity contribution is 6.31. The second kappa shape index (κ2) is 6.46. The number of primary amides is 1. The van der Waals surface area contributed by atoms with E-state index in [1.54, 1.807) is 31.1 Å². The first-order valence-corrected chi connectivity index (χ1v) is 9.69. The van der Waals surface area contributed by atoms with Crippen molar-refractivity contribution >= 4 is 34.7 Å². The highest BCUT2D eigenvalue weighted by atomic mass is 16.3. The number of nitrogens with two attached hydrogens (primary N) is 1. The van der Waals surface area contributed by atoms with Crippen LogP contribution in [0, 0.1) is 23.7 Å². The van der Waals surface area contributed by atoms with Crippen LogP contribution in [0.1, 0.15) is 28.8 Å². The first-order valence-electron chi connectivity index (χ1n) is 9.69. The molecular weight excluding hydrogens is 392 g/mol. The maximum Gasteiger partial charge on any atom is 0.235 e. The zero-order valence-electron chi connectivity index (χ0n) is 16.5. The Bertz CT molecular complexity index is 1030. The Hall–Kier alpha value is -3.07. The monoisotopic (exact) mass is 414 g/mol. The van der Waals surface area contributed by atoms with Crippen LogP contribution in [0.2, 0.25) is 0 Å². The minimum Gasteiger partial charge on any atom is -0.505 e. The summed E-state index contributed by atoms with van der Waals surface area (Å²) in [4.78, 5) is 64.9. The quantitative estimate of drug-likeness (QED) is 0.542. The highest BCUT2D eigenvalue weighted by Gasteiger charge is 2.66. The number of fused-ring (bicyclic) bond motifs is 3. The third-order valence-corrected chi connectivity index (χ3v) is 6.74. The van der Waals surface area contributed by atoms with Crippen LogP contribution in [0.15, 0.2) is 12.1 Å². The number of benzene rings is 1. The van der Waals surface area contributed by atoms with Crippen LogP contribution in [-0.4, -0.2) is 58.9 Å². The normalized spacial score (nSPS) is 32.9. The lowest BCUT2D eigenvalue weighted by molar-refractivity contribution is -0.175. The van der Waals surface area contributed by atoms with Crippen molar-refractivity contribution in [1.82, 2.24) is 0 Å². The van der Waals surface area contributed by atoms with Crippen molar-refractivity contribution in [2.24, 2.45) is 29.4 Å². The van der Waals surface area contributed by atoms with Gasteiger partial charge < -0.3 is 20.8 Å². The molecule has 2 fully saturated rings. The molecule has 3 aliphatic rings. The number of amides is 1. The van der Waals surface area contributed by atoms with Crippen LogP contribution in [-0.2, 0) is 25.6 Å². The number of nitrogens with zero attached hydrogens (tertiary/aromatic N) is 1. The molecule has 4 N–H and O–H groups in total. The lowest BCUT2D eigenvalue weighted by Crippen LogP contribution is -2.68. The third-order valence-electron chi connectivity index (χ3n) is 6.74. The van der Waals surface area contributed by atoms with Gasteiger partial charge in [0.15, 0.2) is 34.7 Å². The van der Waals surface area contributed by atoms with Crippen LogP contribution in [0.5, 0.6) is 5.75 Å². The summed E-state index contributed by atoms with van der Waals surface area (Å²) in [5.41, 5.74) is 3.51. The zero-order valence-corrected chi connectivity index (χ0v) is 16.5. The van der Waals surface area contributed by atoms with Crippen molar-refractivity contribution in [3.8, 4) is 5.75 Å². The number of anilines is 1. The predicted molar refractivity (Wildman–Crippen MR) is 103 cm³/mol. The number of aromatic hydroxyl groups is 1. The lowest BCUT2D eigenvalue weighted by atomic mass is 9.54. The van der Waals surface area contributed by atoms with Gasteiger partial charge in [-0.3, -0.25) is 24.0 Å². The number of phenols is 1. The summed E-state index contributed by atoms with van der Waals surface area (Å²) < 4.78 is 0. The molecule has 0 aromatic heterocycles. The number of phenolic OH excluding ortho intramolecular Hbond substituents is 1. The summed E-state index contributed by atoms with van der Waals surface area (Å²) in [6, 6.07) is 3.39. The van der Waals surface area contributed by atoms with Crippen LogP contribution in [0.25, 0.3) is 0 Å². The minimum absolute atomic E-state index is 0.00337. The topological polar surface area (TPSA) is 155 Å². The Labute approximate surface area is 171 Å². The summed E-state index contributed by atoms with van der Waals surface area (Å²) in [5.74, 6) is -9.89. The van der Waals surface area contributed by atoms with E-state index in [0.717, 1.165) is 0 Å². The molecule has 0 spiro atoms. The van der Waals surface area contributed by atoms with Crippen molar-refractivity contribution < 1.29 is 34.2 Å². The van der Waals surface area contributed by atoms with Crippen molar-refractivity contribution in [1.29, 1.82) is 0 Å². The molecule has 158 valence electrons. The maximum absolute atomic E-state index is 13.3. The molecule has 9 heteroatoms. The van der Waals surface area contributed by atoms with Gasteiger partial charge in [0, 0.05) is 26.4 Å². The van der Waals surface area contributed by atoms with Gasteiger partial charge >= 0.3 is 0 Å². The van der Waals surface area contributed by atoms with Gasteiger partial charge in [0.1, 0.15) is 5.75 Å². The van der Waals surface area contributed by atoms with E-state index < -0.39 is 58.3 Å². The number of carbonyl (C=O) groups excluding carboxylic acids is 5. The molecule has 5 atom stereocenters. The molecule has 0 aliphatic heterocycles. The number of ketones is 4. The third kappa shape index (κ3) is 2.48. The highest BCUT2D eigenvalue weighted by Crippen LogP contribution is 2.50. The van der Waals surface area contributed by atoms with Gasteiger partial charge in [-0.15, -0.1) is 0 Å². The fourth-order valence-corrected chi connectivity index (χ4v) is 5.29. The van der Waals surface area contributed by atoms with Crippen molar-refractivity contribution in [3.63, 3.8) is 0 Å². The van der Waals surface area contributed by atoms with Crippen LogP contribution in [0.3, 0.4) is 0 Å². The molecule has 0 heterocycles. The number of aliphatic hydroxyl groups is 1. The fraction of sp³-hybridized carbons (Fsp3) is 0.476. The smallest absolute Gasteiger partial charge is 0.235 e. The van der Waals surface area contributed by atoms with Gasteiger partial charge in [0.25, 0.3) is 0 Å². The summed E-state index contributed by atoms with van der Waals surface area (Å²) in [6.07, 6.45) is 0.0425. The van der Waals surface area contributed by atoms with Gasteiger partial charge in [0.2, 0.25) is 5.91 Å². The molecule has 1 aromatic carbocycles. The van der Waals surface area contributed by atoms with Gasteiger partial charge in [-0.1, -0.05) is 6.07 Å². The Morgan fingerprint density at radius 1 is 1.13 bits per heavy atom. The minimum atomic E-state index is -2.61. The number of hydrogen-bond donors (Lipinski definition) is 3. The molecule has 0 radical (unpaired) electrons. The Balaban J connectivity index is 1.80. The van der Waals surface area contributed by atoms with E-state index in [2.05, 4.69) is 0 Å². The molecule has 1 amide bonds. The molecule has 0 saturated heterocycles. The van der Waals surface area contributed by atoms with Gasteiger partial charge in [-0.2, -0.15) is 0 Å². The lowest BCUT2D eigenvalue weighted by Gasteiger charge is -2.48. The Kier molecular flexibility index (Phi) is 4.36. The summed E-state index contributed by atoms with van der Waals surface area (Å²) in [7, 11) is 3.39. The van der Waals surface area contributed by atoms with E-state index in [1.165, 1.54) is 0 Å². The van der Waals surface area contributed by atoms with Gasteiger partial charge in [-0.25, -0.2) is 0 Å². The molecular formula is C21H22N2O7. The van der Waals surface area contributed by atoms with Gasteiger partial charge in [-0.05, 0) is 30.4 Å². The molecule has 9 nitrogen and oxygen atoms in total. The SMILES string of the molecule is CN(C)c1ccc2c(c1O)C(=O)C1C(=O)[C@]3(O)C(=O)C(C(N)=O)C(=O)C[C@@H]3C[C@@H]1C2. The fourth-order valence-electron chi connectivity index (χ4n) is 5.29. The Morgan fingerprint density at radius 2 is 1.80 bits per heavy atom. The maximum atomic E-state index is 13.3. The van der Waals surface area contributed by atoms with E-state index in [1.807, 2.05) is 0 Å². The van der Waals surface area contributed by atoms with Crippen molar-refractivity contribution in [2.45, 2.75) is 24.9 Å². The van der Waals surface area contributed by atoms with Crippen LogP contribution in [0.4, 0.5) is 5.69 Å². The molecule has 4 rings (SSSR count). The second-order valence-electron chi connectivity index (χ2n) is 8.60. The van der Waals surface area contributed by atoms with Crippen molar-refractivity contribution in [2.75, 3.05) is 19.0 Å².